The molecule has 0 radical (unpaired) electrons. The van der Waals surface area contributed by atoms with E-state index in [1.807, 2.05) is 44.6 Å². The van der Waals surface area contributed by atoms with Gasteiger partial charge in [-0.15, -0.1) is 11.3 Å². The number of likely N-dealkylation sites (N-methyl/N-ethyl adjacent to an activating group) is 1. The number of thiazole rings is 1. The van der Waals surface area contributed by atoms with Crippen molar-refractivity contribution in [1.29, 1.82) is 0 Å². The van der Waals surface area contributed by atoms with E-state index < -0.39 is 0 Å². The molecule has 1 aromatic heterocycles. The Labute approximate surface area is 139 Å². The molecular formula is C16H21N3OS2. The van der Waals surface area contributed by atoms with Crippen LogP contribution in [0.3, 0.4) is 0 Å². The second kappa shape index (κ2) is 8.31. The Kier molecular flexibility index (Phi) is 6.42. The molecule has 0 aliphatic rings. The van der Waals surface area contributed by atoms with Crippen LogP contribution in [0, 0.1) is 6.92 Å². The summed E-state index contributed by atoms with van der Waals surface area (Å²) in [5.74, 6) is 0.447. The molecule has 1 aromatic carbocycles. The Morgan fingerprint density at radius 2 is 2.09 bits per heavy atom. The molecule has 1 N–H and O–H groups in total. The molecular weight excluding hydrogens is 314 g/mol. The van der Waals surface area contributed by atoms with E-state index in [2.05, 4.69) is 27.3 Å². The van der Waals surface area contributed by atoms with Gasteiger partial charge in [0.1, 0.15) is 0 Å². The van der Waals surface area contributed by atoms with Gasteiger partial charge in [-0.05, 0) is 26.6 Å². The largest absolute Gasteiger partial charge is 0.353 e. The molecule has 0 bridgehead atoms. The maximum absolute atomic E-state index is 12.0. The van der Waals surface area contributed by atoms with Gasteiger partial charge in [0.15, 0.2) is 4.34 Å². The van der Waals surface area contributed by atoms with Crippen LogP contribution in [0.15, 0.2) is 40.1 Å². The van der Waals surface area contributed by atoms with E-state index in [1.165, 1.54) is 17.3 Å². The van der Waals surface area contributed by atoms with Gasteiger partial charge in [0.25, 0.3) is 0 Å². The average Bonchev–Trinajstić information content (AvgIpc) is 2.92. The number of aromatic nitrogens is 1. The summed E-state index contributed by atoms with van der Waals surface area (Å²) in [6.45, 7) is 2.56. The van der Waals surface area contributed by atoms with Crippen LogP contribution in [-0.2, 0) is 4.79 Å². The number of carbonyl (C=O) groups excluding carboxylic acids is 1. The Morgan fingerprint density at radius 1 is 1.36 bits per heavy atom. The van der Waals surface area contributed by atoms with Gasteiger partial charge in [-0.2, -0.15) is 0 Å². The molecule has 118 valence electrons. The number of hydrogen-bond acceptors (Lipinski definition) is 5. The highest BCUT2D eigenvalue weighted by Crippen LogP contribution is 2.22. The smallest absolute Gasteiger partial charge is 0.230 e. The third-order valence-corrected chi connectivity index (χ3v) is 5.36. The SMILES string of the molecule is Cc1csc(SCC(=O)NC[C@@H](c2ccccc2)N(C)C)n1. The van der Waals surface area contributed by atoms with E-state index in [0.717, 1.165) is 10.0 Å². The molecule has 6 heteroatoms. The maximum atomic E-state index is 12.0. The molecule has 0 fully saturated rings. The highest BCUT2D eigenvalue weighted by molar-refractivity contribution is 8.01. The average molecular weight is 335 g/mol. The van der Waals surface area contributed by atoms with Gasteiger partial charge in [0.2, 0.25) is 5.91 Å². The number of carbonyl (C=O) groups is 1. The Balaban J connectivity index is 1.83. The molecule has 0 aliphatic heterocycles. The van der Waals surface area contributed by atoms with Crippen molar-refractivity contribution in [1.82, 2.24) is 15.2 Å². The summed E-state index contributed by atoms with van der Waals surface area (Å²) in [5.41, 5.74) is 2.21. The number of thioether (sulfide) groups is 1. The summed E-state index contributed by atoms with van der Waals surface area (Å²) in [5, 5.41) is 5.01. The first-order chi connectivity index (χ1) is 10.6. The van der Waals surface area contributed by atoms with E-state index in [9.17, 15) is 4.79 Å². The lowest BCUT2D eigenvalue weighted by Crippen LogP contribution is -2.35. The van der Waals surface area contributed by atoms with Crippen LogP contribution in [0.4, 0.5) is 0 Å². The molecule has 0 saturated carbocycles. The van der Waals surface area contributed by atoms with Gasteiger partial charge in [-0.25, -0.2) is 4.98 Å². The molecule has 22 heavy (non-hydrogen) atoms. The standard InChI is InChI=1S/C16H21N3OS2/c1-12-10-21-16(18-12)22-11-15(20)17-9-14(19(2)3)13-7-5-4-6-8-13/h4-8,10,14H,9,11H2,1-3H3,(H,17,20)/t14-/m0/s1. The van der Waals surface area contributed by atoms with E-state index in [0.29, 0.717) is 12.3 Å². The van der Waals surface area contributed by atoms with Crippen LogP contribution >= 0.6 is 23.1 Å². The van der Waals surface area contributed by atoms with Crippen molar-refractivity contribution in [2.24, 2.45) is 0 Å². The molecule has 1 heterocycles. The fourth-order valence-electron chi connectivity index (χ4n) is 2.06. The van der Waals surface area contributed by atoms with Crippen LogP contribution in [0.5, 0.6) is 0 Å². The zero-order valence-corrected chi connectivity index (χ0v) is 14.7. The summed E-state index contributed by atoms with van der Waals surface area (Å²) in [6, 6.07) is 10.4. The van der Waals surface area contributed by atoms with Crippen molar-refractivity contribution < 1.29 is 4.79 Å². The van der Waals surface area contributed by atoms with E-state index >= 15 is 0 Å². The third-order valence-electron chi connectivity index (χ3n) is 3.22. The molecule has 0 aliphatic carbocycles. The fraction of sp³-hybridized carbons (Fsp3) is 0.375. The summed E-state index contributed by atoms with van der Waals surface area (Å²) in [7, 11) is 4.05. The molecule has 0 spiro atoms. The number of amides is 1. The number of rotatable bonds is 7. The topological polar surface area (TPSA) is 45.2 Å². The first-order valence-corrected chi connectivity index (χ1v) is 8.96. The lowest BCUT2D eigenvalue weighted by Gasteiger charge is -2.25. The van der Waals surface area contributed by atoms with Gasteiger partial charge < -0.3 is 10.2 Å². The third kappa shape index (κ3) is 5.12. The Hall–Kier alpha value is -1.37. The minimum absolute atomic E-state index is 0.0423. The lowest BCUT2D eigenvalue weighted by molar-refractivity contribution is -0.118. The Bertz CT molecular complexity index is 598. The van der Waals surface area contributed by atoms with E-state index in [1.54, 1.807) is 11.3 Å². The monoisotopic (exact) mass is 335 g/mol. The van der Waals surface area contributed by atoms with Gasteiger partial charge in [0.05, 0.1) is 11.8 Å². The number of hydrogen-bond donors (Lipinski definition) is 1. The first-order valence-electron chi connectivity index (χ1n) is 7.09. The van der Waals surface area contributed by atoms with Crippen molar-refractivity contribution in [2.45, 2.75) is 17.3 Å². The van der Waals surface area contributed by atoms with Crippen molar-refractivity contribution in [3.05, 3.63) is 47.0 Å². The van der Waals surface area contributed by atoms with Gasteiger partial charge in [-0.1, -0.05) is 42.1 Å². The molecule has 2 rings (SSSR count). The predicted molar refractivity (Wildman–Crippen MR) is 93.5 cm³/mol. The molecule has 1 atom stereocenters. The number of aryl methyl sites for hydroxylation is 1. The highest BCUT2D eigenvalue weighted by Gasteiger charge is 2.15. The number of nitrogens with zero attached hydrogens (tertiary/aromatic N) is 2. The van der Waals surface area contributed by atoms with Crippen molar-refractivity contribution in [3.8, 4) is 0 Å². The van der Waals surface area contributed by atoms with E-state index in [-0.39, 0.29) is 11.9 Å². The highest BCUT2D eigenvalue weighted by atomic mass is 32.2. The van der Waals surface area contributed by atoms with Crippen molar-refractivity contribution in [2.75, 3.05) is 26.4 Å². The number of nitrogens with one attached hydrogen (secondary N) is 1. The zero-order valence-electron chi connectivity index (χ0n) is 13.1. The minimum Gasteiger partial charge on any atom is -0.353 e. The van der Waals surface area contributed by atoms with Gasteiger partial charge in [-0.3, -0.25) is 4.79 Å². The second-order valence-corrected chi connectivity index (χ2v) is 7.32. The fourth-order valence-corrected chi connectivity index (χ4v) is 3.74. The molecule has 0 unspecified atom stereocenters. The zero-order chi connectivity index (χ0) is 15.9. The van der Waals surface area contributed by atoms with Gasteiger partial charge in [0, 0.05) is 17.6 Å². The second-order valence-electron chi connectivity index (χ2n) is 5.24. The maximum Gasteiger partial charge on any atom is 0.230 e. The van der Waals surface area contributed by atoms with Gasteiger partial charge >= 0.3 is 0 Å². The number of benzene rings is 1. The minimum atomic E-state index is 0.0423. The summed E-state index contributed by atoms with van der Waals surface area (Å²) >= 11 is 3.07. The molecule has 1 amide bonds. The Morgan fingerprint density at radius 3 is 2.68 bits per heavy atom. The van der Waals surface area contributed by atoms with Crippen molar-refractivity contribution >= 4 is 29.0 Å². The molecule has 2 aromatic rings. The molecule has 4 nitrogen and oxygen atoms in total. The normalized spacial score (nSPS) is 12.4. The summed E-state index contributed by atoms with van der Waals surface area (Å²) < 4.78 is 0.944. The summed E-state index contributed by atoms with van der Waals surface area (Å²) in [4.78, 5) is 18.5. The lowest BCUT2D eigenvalue weighted by atomic mass is 10.1. The van der Waals surface area contributed by atoms with Crippen LogP contribution in [0.2, 0.25) is 0 Å². The van der Waals surface area contributed by atoms with Crippen LogP contribution < -0.4 is 5.32 Å². The van der Waals surface area contributed by atoms with Crippen LogP contribution in [-0.4, -0.2) is 42.2 Å². The summed E-state index contributed by atoms with van der Waals surface area (Å²) in [6.07, 6.45) is 0. The van der Waals surface area contributed by atoms with Crippen molar-refractivity contribution in [3.63, 3.8) is 0 Å². The quantitative estimate of drug-likeness (QED) is 0.790. The van der Waals surface area contributed by atoms with E-state index in [4.69, 9.17) is 0 Å². The predicted octanol–water partition coefficient (Wildman–Crippen LogP) is 2.96. The first kappa shape index (κ1) is 17.0. The van der Waals surface area contributed by atoms with Crippen LogP contribution in [0.1, 0.15) is 17.3 Å². The molecule has 0 saturated heterocycles. The van der Waals surface area contributed by atoms with Crippen LogP contribution in [0.25, 0.3) is 0 Å².